The molecule has 3 aromatic carbocycles. The quantitative estimate of drug-likeness (QED) is 0.264. The Hall–Kier alpha value is -4.06. The van der Waals surface area contributed by atoms with E-state index in [1.54, 1.807) is 36.4 Å². The van der Waals surface area contributed by atoms with Crippen molar-refractivity contribution >= 4 is 23.1 Å². The zero-order valence-electron chi connectivity index (χ0n) is 20.2. The molecule has 1 amide bonds. The summed E-state index contributed by atoms with van der Waals surface area (Å²) >= 11 is 0. The van der Waals surface area contributed by atoms with Crippen LogP contribution < -0.4 is 9.64 Å². The summed E-state index contributed by atoms with van der Waals surface area (Å²) in [6, 6.07) is 19.7. The maximum absolute atomic E-state index is 13.3. The fourth-order valence-electron chi connectivity index (χ4n) is 4.21. The number of Topliss-reactive ketones (excluding diaryl/α,β-unsaturated/α-hetero) is 1. The van der Waals surface area contributed by atoms with Gasteiger partial charge in [-0.3, -0.25) is 14.5 Å². The average molecular weight is 472 g/mol. The van der Waals surface area contributed by atoms with Gasteiger partial charge < -0.3 is 14.9 Å². The number of ketones is 1. The molecule has 35 heavy (non-hydrogen) atoms. The number of amides is 1. The molecule has 2 N–H and O–H groups in total. The van der Waals surface area contributed by atoms with Gasteiger partial charge in [-0.05, 0) is 79.4 Å². The highest BCUT2D eigenvalue weighted by atomic mass is 16.5. The summed E-state index contributed by atoms with van der Waals surface area (Å²) in [7, 11) is 0. The van der Waals surface area contributed by atoms with Gasteiger partial charge >= 0.3 is 0 Å². The number of hydrogen-bond donors (Lipinski definition) is 2. The van der Waals surface area contributed by atoms with E-state index in [2.05, 4.69) is 13.8 Å². The number of phenolic OH excluding ortho intramolecular Hbond substituents is 1. The summed E-state index contributed by atoms with van der Waals surface area (Å²) in [4.78, 5) is 27.9. The molecule has 6 heteroatoms. The second kappa shape index (κ2) is 9.66. The molecule has 1 atom stereocenters. The van der Waals surface area contributed by atoms with Crippen LogP contribution in [0, 0.1) is 0 Å². The first-order valence-electron chi connectivity index (χ1n) is 11.6. The number of nitrogens with zero attached hydrogens (tertiary/aromatic N) is 1. The number of aliphatic hydroxyl groups is 1. The van der Waals surface area contributed by atoms with Crippen LogP contribution in [0.2, 0.25) is 0 Å². The number of benzene rings is 3. The molecule has 0 radical (unpaired) electrons. The number of carbonyl (C=O) groups excluding carboxylic acids is 2. The predicted molar refractivity (Wildman–Crippen MR) is 136 cm³/mol. The van der Waals surface area contributed by atoms with Crippen LogP contribution in [0.4, 0.5) is 5.69 Å². The Morgan fingerprint density at radius 2 is 1.46 bits per heavy atom. The lowest BCUT2D eigenvalue weighted by molar-refractivity contribution is -0.132. The van der Waals surface area contributed by atoms with Crippen LogP contribution in [0.25, 0.3) is 5.76 Å². The third kappa shape index (κ3) is 4.78. The van der Waals surface area contributed by atoms with E-state index < -0.39 is 17.7 Å². The van der Waals surface area contributed by atoms with Crippen molar-refractivity contribution in [3.8, 4) is 11.5 Å². The second-order valence-corrected chi connectivity index (χ2v) is 9.20. The Labute approximate surface area is 205 Å². The normalized spacial score (nSPS) is 17.4. The number of rotatable bonds is 6. The third-order valence-electron chi connectivity index (χ3n) is 5.99. The fourth-order valence-corrected chi connectivity index (χ4v) is 4.21. The van der Waals surface area contributed by atoms with E-state index in [0.29, 0.717) is 28.5 Å². The van der Waals surface area contributed by atoms with Crippen LogP contribution in [-0.2, 0) is 9.59 Å². The molecule has 0 spiro atoms. The maximum Gasteiger partial charge on any atom is 0.300 e. The zero-order chi connectivity index (χ0) is 25.3. The van der Waals surface area contributed by atoms with Crippen molar-refractivity contribution in [1.29, 1.82) is 0 Å². The standard InChI is InChI=1S/C29H29NO5/c1-17(2)19-5-11-22(12-6-19)30-26(20-7-13-23(31)14-8-20)25(28(33)29(30)34)27(32)21-9-15-24(16-10-21)35-18(3)4/h5-18,26,31-32H,1-4H3/b27-25+. The van der Waals surface area contributed by atoms with Crippen molar-refractivity contribution in [2.24, 2.45) is 0 Å². The Kier molecular flexibility index (Phi) is 6.65. The smallest absolute Gasteiger partial charge is 0.300 e. The molecular formula is C29H29NO5. The molecule has 1 fully saturated rings. The molecule has 180 valence electrons. The van der Waals surface area contributed by atoms with E-state index in [9.17, 15) is 19.8 Å². The monoisotopic (exact) mass is 471 g/mol. The lowest BCUT2D eigenvalue weighted by Gasteiger charge is -2.26. The summed E-state index contributed by atoms with van der Waals surface area (Å²) in [5.74, 6) is -0.739. The average Bonchev–Trinajstić information content (AvgIpc) is 3.09. The minimum Gasteiger partial charge on any atom is -0.508 e. The van der Waals surface area contributed by atoms with Crippen LogP contribution in [0.5, 0.6) is 11.5 Å². The Balaban J connectivity index is 1.84. The van der Waals surface area contributed by atoms with E-state index in [-0.39, 0.29) is 23.2 Å². The Morgan fingerprint density at radius 1 is 0.857 bits per heavy atom. The van der Waals surface area contributed by atoms with Gasteiger partial charge in [-0.25, -0.2) is 0 Å². The van der Waals surface area contributed by atoms with Gasteiger partial charge in [0.2, 0.25) is 0 Å². The van der Waals surface area contributed by atoms with Crippen molar-refractivity contribution in [3.05, 3.63) is 95.1 Å². The maximum atomic E-state index is 13.3. The topological polar surface area (TPSA) is 87.1 Å². The van der Waals surface area contributed by atoms with Crippen LogP contribution in [0.1, 0.15) is 56.3 Å². The van der Waals surface area contributed by atoms with Crippen molar-refractivity contribution < 1.29 is 24.5 Å². The van der Waals surface area contributed by atoms with Crippen molar-refractivity contribution in [2.45, 2.75) is 45.8 Å². The zero-order valence-corrected chi connectivity index (χ0v) is 20.2. The molecule has 1 heterocycles. The highest BCUT2D eigenvalue weighted by Gasteiger charge is 2.47. The number of phenols is 1. The third-order valence-corrected chi connectivity index (χ3v) is 5.99. The highest BCUT2D eigenvalue weighted by molar-refractivity contribution is 6.51. The molecular weight excluding hydrogens is 442 g/mol. The molecule has 0 bridgehead atoms. The van der Waals surface area contributed by atoms with Gasteiger partial charge in [0.15, 0.2) is 0 Å². The summed E-state index contributed by atoms with van der Waals surface area (Å²) < 4.78 is 5.66. The summed E-state index contributed by atoms with van der Waals surface area (Å²) in [6.45, 7) is 7.99. The molecule has 3 aromatic rings. The number of carbonyl (C=O) groups is 2. The Morgan fingerprint density at radius 3 is 2.00 bits per heavy atom. The number of ether oxygens (including phenoxy) is 1. The second-order valence-electron chi connectivity index (χ2n) is 9.20. The largest absolute Gasteiger partial charge is 0.508 e. The number of anilines is 1. The van der Waals surface area contributed by atoms with Gasteiger partial charge in [-0.2, -0.15) is 0 Å². The van der Waals surface area contributed by atoms with E-state index in [4.69, 9.17) is 4.74 Å². The molecule has 6 nitrogen and oxygen atoms in total. The highest BCUT2D eigenvalue weighted by Crippen LogP contribution is 2.42. The lowest BCUT2D eigenvalue weighted by atomic mass is 9.95. The summed E-state index contributed by atoms with van der Waals surface area (Å²) in [5, 5.41) is 21.0. The fraction of sp³-hybridized carbons (Fsp3) is 0.241. The van der Waals surface area contributed by atoms with E-state index in [0.717, 1.165) is 5.56 Å². The van der Waals surface area contributed by atoms with E-state index in [1.807, 2.05) is 38.1 Å². The van der Waals surface area contributed by atoms with E-state index in [1.165, 1.54) is 17.0 Å². The number of aliphatic hydroxyl groups excluding tert-OH is 1. The van der Waals surface area contributed by atoms with Crippen LogP contribution in [-0.4, -0.2) is 28.0 Å². The Bertz CT molecular complexity index is 1260. The first-order valence-corrected chi connectivity index (χ1v) is 11.6. The van der Waals surface area contributed by atoms with Crippen LogP contribution in [0.3, 0.4) is 0 Å². The molecule has 4 rings (SSSR count). The van der Waals surface area contributed by atoms with Gasteiger partial charge in [-0.15, -0.1) is 0 Å². The summed E-state index contributed by atoms with van der Waals surface area (Å²) in [5.41, 5.74) is 2.64. The summed E-state index contributed by atoms with van der Waals surface area (Å²) in [6.07, 6.45) is -0.00338. The van der Waals surface area contributed by atoms with Crippen LogP contribution >= 0.6 is 0 Å². The molecule has 1 aliphatic rings. The van der Waals surface area contributed by atoms with Gasteiger partial charge in [0.1, 0.15) is 17.3 Å². The van der Waals surface area contributed by atoms with Crippen LogP contribution in [0.15, 0.2) is 78.4 Å². The SMILES string of the molecule is CC(C)Oc1ccc(/C(O)=C2\C(=O)C(=O)N(c3ccc(C(C)C)cc3)C2c2ccc(O)cc2)cc1. The molecule has 0 aliphatic carbocycles. The number of aromatic hydroxyl groups is 1. The van der Waals surface area contributed by atoms with Gasteiger partial charge in [0.05, 0.1) is 17.7 Å². The lowest BCUT2D eigenvalue weighted by Crippen LogP contribution is -2.29. The number of hydrogen-bond acceptors (Lipinski definition) is 5. The molecule has 0 saturated carbocycles. The minimum absolute atomic E-state index is 0.00338. The first-order chi connectivity index (χ1) is 16.7. The van der Waals surface area contributed by atoms with Gasteiger partial charge in [-0.1, -0.05) is 38.1 Å². The first kappa shape index (κ1) is 24.1. The van der Waals surface area contributed by atoms with Gasteiger partial charge in [0.25, 0.3) is 11.7 Å². The molecule has 1 unspecified atom stereocenters. The van der Waals surface area contributed by atoms with Gasteiger partial charge in [0, 0.05) is 11.3 Å². The molecule has 0 aromatic heterocycles. The van der Waals surface area contributed by atoms with Crippen molar-refractivity contribution in [3.63, 3.8) is 0 Å². The predicted octanol–water partition coefficient (Wildman–Crippen LogP) is 5.93. The molecule has 1 aliphatic heterocycles. The minimum atomic E-state index is -0.855. The van der Waals surface area contributed by atoms with E-state index >= 15 is 0 Å². The molecule has 1 saturated heterocycles. The van der Waals surface area contributed by atoms with Crippen molar-refractivity contribution in [2.75, 3.05) is 4.90 Å². The van der Waals surface area contributed by atoms with Crippen molar-refractivity contribution in [1.82, 2.24) is 0 Å².